The van der Waals surface area contributed by atoms with E-state index in [2.05, 4.69) is 21.2 Å². The van der Waals surface area contributed by atoms with Gasteiger partial charge < -0.3 is 5.32 Å². The van der Waals surface area contributed by atoms with Gasteiger partial charge in [-0.15, -0.1) is 0 Å². The van der Waals surface area contributed by atoms with Crippen LogP contribution in [-0.2, 0) is 22.9 Å². The molecule has 2 aromatic carbocycles. The molecular weight excluding hydrogens is 449 g/mol. The molecule has 0 unspecified atom stereocenters. The molecule has 2 amide bonds. The van der Waals surface area contributed by atoms with Crippen molar-refractivity contribution in [1.82, 2.24) is 10.2 Å². The number of nitrogens with one attached hydrogen (secondary N) is 1. The van der Waals surface area contributed by atoms with Crippen LogP contribution in [0.2, 0.25) is 0 Å². The molecule has 1 N–H and O–H groups in total. The number of nitrogens with zero attached hydrogens (tertiary/aromatic N) is 1. The number of rotatable bonds is 2. The monoisotopic (exact) mass is 466 g/mol. The first kappa shape index (κ1) is 20.1. The highest BCUT2D eigenvalue weighted by Crippen LogP contribution is 2.48. The topological polar surface area (TPSA) is 49.4 Å². The van der Waals surface area contributed by atoms with Crippen molar-refractivity contribution in [3.63, 3.8) is 0 Å². The lowest BCUT2D eigenvalue weighted by Gasteiger charge is -2.41. The van der Waals surface area contributed by atoms with Gasteiger partial charge in [-0.3, -0.25) is 14.5 Å². The van der Waals surface area contributed by atoms with Crippen LogP contribution in [0.3, 0.4) is 0 Å². The Hall–Kier alpha value is -2.19. The maximum absolute atomic E-state index is 13.4. The van der Waals surface area contributed by atoms with Crippen molar-refractivity contribution >= 4 is 27.7 Å². The van der Waals surface area contributed by atoms with Crippen LogP contribution in [0.4, 0.5) is 13.2 Å². The molecule has 1 saturated heterocycles. The Balaban J connectivity index is 1.76. The lowest BCUT2D eigenvalue weighted by atomic mass is 9.81. The first-order valence-electron chi connectivity index (χ1n) is 9.28. The summed E-state index contributed by atoms with van der Waals surface area (Å²) in [5.74, 6) is -1.06. The standard InChI is InChI=1S/C21H18BrF3N2O2/c22-16-7-3-5-14-18(16)20(8-10-26-11-9-20)27(19(14)29)17(28)12-13-4-1-2-6-15(13)21(23,24)25/h1-7,26H,8-12H2. The third-order valence-electron chi connectivity index (χ3n) is 5.69. The third kappa shape index (κ3) is 3.28. The highest BCUT2D eigenvalue weighted by molar-refractivity contribution is 9.10. The number of alkyl halides is 3. The third-order valence-corrected chi connectivity index (χ3v) is 6.35. The Morgan fingerprint density at radius 3 is 2.48 bits per heavy atom. The lowest BCUT2D eigenvalue weighted by molar-refractivity contribution is -0.139. The molecule has 0 radical (unpaired) electrons. The van der Waals surface area contributed by atoms with Crippen molar-refractivity contribution in [1.29, 1.82) is 0 Å². The molecule has 0 saturated carbocycles. The van der Waals surface area contributed by atoms with E-state index in [1.807, 2.05) is 6.07 Å². The van der Waals surface area contributed by atoms with Crippen LogP contribution in [0.5, 0.6) is 0 Å². The summed E-state index contributed by atoms with van der Waals surface area (Å²) >= 11 is 3.51. The van der Waals surface area contributed by atoms with Crippen molar-refractivity contribution in [3.05, 3.63) is 69.2 Å². The Morgan fingerprint density at radius 2 is 1.79 bits per heavy atom. The van der Waals surface area contributed by atoms with Gasteiger partial charge in [0.25, 0.3) is 5.91 Å². The molecular formula is C21H18BrF3N2O2. The average Bonchev–Trinajstić information content (AvgIpc) is 2.91. The summed E-state index contributed by atoms with van der Waals surface area (Å²) < 4.78 is 40.8. The molecule has 2 aliphatic heterocycles. The Kier molecular flexibility index (Phi) is 5.02. The molecule has 0 atom stereocenters. The van der Waals surface area contributed by atoms with Gasteiger partial charge in [-0.25, -0.2) is 0 Å². The molecule has 2 aromatic rings. The second-order valence-corrected chi connectivity index (χ2v) is 8.16. The molecule has 2 heterocycles. The van der Waals surface area contributed by atoms with E-state index in [1.54, 1.807) is 12.1 Å². The van der Waals surface area contributed by atoms with Crippen molar-refractivity contribution < 1.29 is 22.8 Å². The summed E-state index contributed by atoms with van der Waals surface area (Å²) in [5.41, 5.74) is -0.639. The van der Waals surface area contributed by atoms with Gasteiger partial charge in [-0.2, -0.15) is 13.2 Å². The number of piperidine rings is 1. The summed E-state index contributed by atoms with van der Waals surface area (Å²) in [5, 5.41) is 3.23. The second-order valence-electron chi connectivity index (χ2n) is 7.31. The first-order chi connectivity index (χ1) is 13.8. The number of hydrogen-bond acceptors (Lipinski definition) is 3. The number of halogens is 4. The molecule has 152 valence electrons. The summed E-state index contributed by atoms with van der Waals surface area (Å²) in [4.78, 5) is 27.6. The number of carbonyl (C=O) groups is 2. The van der Waals surface area contributed by atoms with E-state index in [0.717, 1.165) is 16.1 Å². The lowest BCUT2D eigenvalue weighted by Crippen LogP contribution is -2.53. The average molecular weight is 467 g/mol. The van der Waals surface area contributed by atoms with Gasteiger partial charge in [-0.05, 0) is 49.7 Å². The largest absolute Gasteiger partial charge is 0.416 e. The number of imide groups is 1. The van der Waals surface area contributed by atoms with Gasteiger partial charge in [0.2, 0.25) is 5.91 Å². The van der Waals surface area contributed by atoms with Crippen LogP contribution in [0.15, 0.2) is 46.9 Å². The first-order valence-corrected chi connectivity index (χ1v) is 10.1. The number of hydrogen-bond donors (Lipinski definition) is 1. The predicted molar refractivity (Wildman–Crippen MR) is 104 cm³/mol. The van der Waals surface area contributed by atoms with Crippen LogP contribution < -0.4 is 5.32 Å². The van der Waals surface area contributed by atoms with Crippen LogP contribution in [0.1, 0.15) is 39.9 Å². The van der Waals surface area contributed by atoms with E-state index >= 15 is 0 Å². The smallest absolute Gasteiger partial charge is 0.317 e. The Labute approximate surface area is 174 Å². The van der Waals surface area contributed by atoms with E-state index in [9.17, 15) is 22.8 Å². The number of carbonyl (C=O) groups excluding carboxylic acids is 2. The molecule has 4 rings (SSSR count). The summed E-state index contributed by atoms with van der Waals surface area (Å²) in [7, 11) is 0. The second kappa shape index (κ2) is 7.25. The maximum atomic E-state index is 13.4. The minimum absolute atomic E-state index is 0.128. The van der Waals surface area contributed by atoms with Crippen molar-refractivity contribution in [2.75, 3.05) is 13.1 Å². The molecule has 0 aromatic heterocycles. The normalized spacial score (nSPS) is 18.2. The zero-order valence-electron chi connectivity index (χ0n) is 15.4. The summed E-state index contributed by atoms with van der Waals surface area (Å²) in [6.07, 6.45) is -4.02. The fourth-order valence-electron chi connectivity index (χ4n) is 4.46. The minimum atomic E-state index is -4.57. The van der Waals surface area contributed by atoms with Crippen molar-refractivity contribution in [2.45, 2.75) is 31.0 Å². The molecule has 8 heteroatoms. The fourth-order valence-corrected chi connectivity index (χ4v) is 5.20. The van der Waals surface area contributed by atoms with E-state index < -0.39 is 35.5 Å². The molecule has 0 aliphatic carbocycles. The SMILES string of the molecule is O=C(Cc1ccccc1C(F)(F)F)N1C(=O)c2cccc(Br)c2C12CCNCC2. The Morgan fingerprint density at radius 1 is 1.10 bits per heavy atom. The maximum Gasteiger partial charge on any atom is 0.416 e. The number of benzene rings is 2. The Bertz CT molecular complexity index is 984. The van der Waals surface area contributed by atoms with Gasteiger partial charge in [0.15, 0.2) is 0 Å². The highest BCUT2D eigenvalue weighted by Gasteiger charge is 2.53. The highest BCUT2D eigenvalue weighted by atomic mass is 79.9. The molecule has 4 nitrogen and oxygen atoms in total. The molecule has 0 bridgehead atoms. The van der Waals surface area contributed by atoms with E-state index in [4.69, 9.17) is 0 Å². The van der Waals surface area contributed by atoms with Crippen LogP contribution in [0.25, 0.3) is 0 Å². The zero-order chi connectivity index (χ0) is 20.8. The van der Waals surface area contributed by atoms with Gasteiger partial charge >= 0.3 is 6.18 Å². The predicted octanol–water partition coefficient (Wildman–Crippen LogP) is 4.27. The minimum Gasteiger partial charge on any atom is -0.317 e. The molecule has 1 spiro atoms. The molecule has 2 aliphatic rings. The van der Waals surface area contributed by atoms with Crippen LogP contribution in [0, 0.1) is 0 Å². The van der Waals surface area contributed by atoms with Crippen LogP contribution >= 0.6 is 15.9 Å². The van der Waals surface area contributed by atoms with E-state index in [0.29, 0.717) is 31.5 Å². The van der Waals surface area contributed by atoms with E-state index in [-0.39, 0.29) is 5.56 Å². The van der Waals surface area contributed by atoms with Gasteiger partial charge in [0.1, 0.15) is 0 Å². The zero-order valence-corrected chi connectivity index (χ0v) is 16.9. The van der Waals surface area contributed by atoms with Crippen molar-refractivity contribution in [3.8, 4) is 0 Å². The van der Waals surface area contributed by atoms with Crippen LogP contribution in [-0.4, -0.2) is 29.8 Å². The van der Waals surface area contributed by atoms with E-state index in [1.165, 1.54) is 23.1 Å². The molecule has 1 fully saturated rings. The number of fused-ring (bicyclic) bond motifs is 2. The number of amides is 2. The van der Waals surface area contributed by atoms with Gasteiger partial charge in [-0.1, -0.05) is 40.2 Å². The summed E-state index contributed by atoms with van der Waals surface area (Å²) in [6, 6.07) is 10.2. The fraction of sp³-hybridized carbons (Fsp3) is 0.333. The van der Waals surface area contributed by atoms with Gasteiger partial charge in [0.05, 0.1) is 17.5 Å². The van der Waals surface area contributed by atoms with Gasteiger partial charge in [0, 0.05) is 15.6 Å². The molecule has 29 heavy (non-hydrogen) atoms. The summed E-state index contributed by atoms with van der Waals surface area (Å²) in [6.45, 7) is 1.22. The quantitative estimate of drug-likeness (QED) is 0.718. The van der Waals surface area contributed by atoms with Crippen molar-refractivity contribution in [2.24, 2.45) is 0 Å².